The molecule has 0 spiro atoms. The second-order valence-electron chi connectivity index (χ2n) is 4.66. The maximum absolute atomic E-state index is 11.5. The van der Waals surface area contributed by atoms with Crippen molar-refractivity contribution in [1.82, 2.24) is 15.1 Å². The van der Waals surface area contributed by atoms with Gasteiger partial charge in [0.05, 0.1) is 11.6 Å². The standard InChI is InChI=1S/C11H17N3O3/c1-11(2,10(16)17)4-9(15)12-5-8-6-13-14(3)7-8/h6-7H,4-5H2,1-3H3,(H,12,15)(H,16,17). The molecule has 1 amide bonds. The van der Waals surface area contributed by atoms with E-state index in [0.29, 0.717) is 6.54 Å². The number of hydrogen-bond donors (Lipinski definition) is 2. The Balaban J connectivity index is 2.43. The molecule has 0 unspecified atom stereocenters. The van der Waals surface area contributed by atoms with E-state index >= 15 is 0 Å². The zero-order valence-corrected chi connectivity index (χ0v) is 10.2. The quantitative estimate of drug-likeness (QED) is 0.785. The van der Waals surface area contributed by atoms with E-state index in [0.717, 1.165) is 5.56 Å². The molecular formula is C11H17N3O3. The van der Waals surface area contributed by atoms with Gasteiger partial charge in [-0.1, -0.05) is 0 Å². The van der Waals surface area contributed by atoms with Gasteiger partial charge in [-0.2, -0.15) is 5.10 Å². The minimum atomic E-state index is -1.04. The summed E-state index contributed by atoms with van der Waals surface area (Å²) in [4.78, 5) is 22.4. The summed E-state index contributed by atoms with van der Waals surface area (Å²) in [7, 11) is 1.79. The Morgan fingerprint density at radius 1 is 1.53 bits per heavy atom. The van der Waals surface area contributed by atoms with Crippen LogP contribution in [0.2, 0.25) is 0 Å². The van der Waals surface area contributed by atoms with Crippen LogP contribution < -0.4 is 5.32 Å². The lowest BCUT2D eigenvalue weighted by molar-refractivity contribution is -0.149. The lowest BCUT2D eigenvalue weighted by atomic mass is 9.89. The summed E-state index contributed by atoms with van der Waals surface area (Å²) in [6, 6.07) is 0. The molecule has 0 bridgehead atoms. The van der Waals surface area contributed by atoms with Gasteiger partial charge in [0.25, 0.3) is 0 Å². The van der Waals surface area contributed by atoms with Gasteiger partial charge >= 0.3 is 5.97 Å². The molecule has 6 nitrogen and oxygen atoms in total. The molecule has 1 aromatic heterocycles. The van der Waals surface area contributed by atoms with Crippen molar-refractivity contribution >= 4 is 11.9 Å². The van der Waals surface area contributed by atoms with Gasteiger partial charge in [0.1, 0.15) is 0 Å². The van der Waals surface area contributed by atoms with Crippen molar-refractivity contribution in [3.8, 4) is 0 Å². The van der Waals surface area contributed by atoms with Gasteiger partial charge in [0.2, 0.25) is 5.91 Å². The lowest BCUT2D eigenvalue weighted by Crippen LogP contribution is -2.33. The predicted molar refractivity (Wildman–Crippen MR) is 61.1 cm³/mol. The molecule has 0 fully saturated rings. The molecule has 0 aliphatic heterocycles. The first-order valence-corrected chi connectivity index (χ1v) is 5.29. The van der Waals surface area contributed by atoms with E-state index in [1.807, 2.05) is 0 Å². The first-order chi connectivity index (χ1) is 7.81. The maximum atomic E-state index is 11.5. The molecule has 2 N–H and O–H groups in total. The summed E-state index contributed by atoms with van der Waals surface area (Å²) in [5.41, 5.74) is -0.159. The number of aryl methyl sites for hydroxylation is 1. The maximum Gasteiger partial charge on any atom is 0.309 e. The van der Waals surface area contributed by atoms with E-state index in [1.165, 1.54) is 13.8 Å². The summed E-state index contributed by atoms with van der Waals surface area (Å²) < 4.78 is 1.64. The number of carboxylic acid groups (broad SMARTS) is 1. The van der Waals surface area contributed by atoms with Crippen molar-refractivity contribution < 1.29 is 14.7 Å². The van der Waals surface area contributed by atoms with Crippen molar-refractivity contribution in [3.63, 3.8) is 0 Å². The number of rotatable bonds is 5. The number of carboxylic acids is 1. The number of nitrogens with zero attached hydrogens (tertiary/aromatic N) is 2. The number of aliphatic carboxylic acids is 1. The molecule has 1 aromatic rings. The number of carbonyl (C=O) groups excluding carboxylic acids is 1. The molecule has 17 heavy (non-hydrogen) atoms. The predicted octanol–water partition coefficient (Wildman–Crippen LogP) is 0.537. The second kappa shape index (κ2) is 4.99. The van der Waals surface area contributed by atoms with Gasteiger partial charge in [-0.25, -0.2) is 0 Å². The van der Waals surface area contributed by atoms with Gasteiger partial charge in [0, 0.05) is 31.8 Å². The molecule has 0 aliphatic carbocycles. The van der Waals surface area contributed by atoms with Crippen LogP contribution in [0.15, 0.2) is 12.4 Å². The Hall–Kier alpha value is -1.85. The van der Waals surface area contributed by atoms with E-state index in [2.05, 4.69) is 10.4 Å². The minimum Gasteiger partial charge on any atom is -0.481 e. The molecule has 94 valence electrons. The van der Waals surface area contributed by atoms with Crippen LogP contribution in [0.5, 0.6) is 0 Å². The Kier molecular flexibility index (Phi) is 3.88. The number of aromatic nitrogens is 2. The first kappa shape index (κ1) is 13.2. The average molecular weight is 239 g/mol. The third kappa shape index (κ3) is 3.90. The highest BCUT2D eigenvalue weighted by Crippen LogP contribution is 2.19. The van der Waals surface area contributed by atoms with Crippen LogP contribution in [0.4, 0.5) is 0 Å². The Bertz CT molecular complexity index is 423. The van der Waals surface area contributed by atoms with Crippen LogP contribution >= 0.6 is 0 Å². The Labute approximate surface area is 99.6 Å². The monoisotopic (exact) mass is 239 g/mol. The smallest absolute Gasteiger partial charge is 0.309 e. The van der Waals surface area contributed by atoms with Crippen LogP contribution in [0.3, 0.4) is 0 Å². The van der Waals surface area contributed by atoms with Crippen molar-refractivity contribution in [1.29, 1.82) is 0 Å². The highest BCUT2D eigenvalue weighted by atomic mass is 16.4. The van der Waals surface area contributed by atoms with Crippen LogP contribution in [0, 0.1) is 5.41 Å². The second-order valence-corrected chi connectivity index (χ2v) is 4.66. The number of nitrogens with one attached hydrogen (secondary N) is 1. The molecule has 0 saturated heterocycles. The highest BCUT2D eigenvalue weighted by molar-refractivity contribution is 5.84. The molecule has 0 aromatic carbocycles. The summed E-state index contributed by atoms with van der Waals surface area (Å²) in [5, 5.41) is 15.5. The summed E-state index contributed by atoms with van der Waals surface area (Å²) in [6.45, 7) is 3.42. The molecule has 6 heteroatoms. The van der Waals surface area contributed by atoms with Crippen molar-refractivity contribution in [3.05, 3.63) is 18.0 Å². The third-order valence-corrected chi connectivity index (χ3v) is 2.43. The highest BCUT2D eigenvalue weighted by Gasteiger charge is 2.29. The van der Waals surface area contributed by atoms with Gasteiger partial charge < -0.3 is 10.4 Å². The fourth-order valence-electron chi connectivity index (χ4n) is 1.30. The SMILES string of the molecule is Cn1cc(CNC(=O)CC(C)(C)C(=O)O)cn1. The molecule has 0 radical (unpaired) electrons. The number of amides is 1. The van der Waals surface area contributed by atoms with Crippen molar-refractivity contribution in [2.24, 2.45) is 12.5 Å². The van der Waals surface area contributed by atoms with Gasteiger partial charge in [-0.05, 0) is 13.8 Å². The van der Waals surface area contributed by atoms with Gasteiger partial charge in [0.15, 0.2) is 0 Å². The lowest BCUT2D eigenvalue weighted by Gasteiger charge is -2.17. The average Bonchev–Trinajstić information content (AvgIpc) is 2.60. The summed E-state index contributed by atoms with van der Waals surface area (Å²) >= 11 is 0. The Morgan fingerprint density at radius 3 is 2.65 bits per heavy atom. The zero-order chi connectivity index (χ0) is 13.1. The molecule has 0 saturated carbocycles. The van der Waals surface area contributed by atoms with Crippen LogP contribution in [-0.2, 0) is 23.2 Å². The third-order valence-electron chi connectivity index (χ3n) is 2.43. The van der Waals surface area contributed by atoms with Crippen molar-refractivity contribution in [2.45, 2.75) is 26.8 Å². The van der Waals surface area contributed by atoms with Crippen LogP contribution in [-0.4, -0.2) is 26.8 Å². The van der Waals surface area contributed by atoms with E-state index in [-0.39, 0.29) is 12.3 Å². The van der Waals surface area contributed by atoms with E-state index in [1.54, 1.807) is 24.1 Å². The van der Waals surface area contributed by atoms with E-state index in [4.69, 9.17) is 5.11 Å². The normalized spacial score (nSPS) is 11.2. The molecule has 0 atom stereocenters. The summed E-state index contributed by atoms with van der Waals surface area (Å²) in [6.07, 6.45) is 3.41. The molecule has 1 heterocycles. The fraction of sp³-hybridized carbons (Fsp3) is 0.545. The van der Waals surface area contributed by atoms with E-state index < -0.39 is 11.4 Å². The number of carbonyl (C=O) groups is 2. The summed E-state index contributed by atoms with van der Waals surface area (Å²) in [5.74, 6) is -1.25. The largest absolute Gasteiger partial charge is 0.481 e. The van der Waals surface area contributed by atoms with Gasteiger partial charge in [-0.3, -0.25) is 14.3 Å². The van der Waals surface area contributed by atoms with Crippen LogP contribution in [0.1, 0.15) is 25.8 Å². The van der Waals surface area contributed by atoms with Crippen LogP contribution in [0.25, 0.3) is 0 Å². The minimum absolute atomic E-state index is 0.0391. The number of hydrogen-bond acceptors (Lipinski definition) is 3. The molecule has 0 aliphatic rings. The van der Waals surface area contributed by atoms with E-state index in [9.17, 15) is 9.59 Å². The fourth-order valence-corrected chi connectivity index (χ4v) is 1.30. The topological polar surface area (TPSA) is 84.2 Å². The van der Waals surface area contributed by atoms with Crippen molar-refractivity contribution in [2.75, 3.05) is 0 Å². The molecule has 1 rings (SSSR count). The van der Waals surface area contributed by atoms with Gasteiger partial charge in [-0.15, -0.1) is 0 Å². The Morgan fingerprint density at radius 2 is 2.18 bits per heavy atom. The zero-order valence-electron chi connectivity index (χ0n) is 10.2. The first-order valence-electron chi connectivity index (χ1n) is 5.29. The molecular weight excluding hydrogens is 222 g/mol.